The summed E-state index contributed by atoms with van der Waals surface area (Å²) in [7, 11) is 0. The average Bonchev–Trinajstić information content (AvgIpc) is 3.12. The maximum atomic E-state index is 12.5. The molecular weight excluding hydrogens is 332 g/mol. The molecule has 1 N–H and O–H groups in total. The van der Waals surface area contributed by atoms with Gasteiger partial charge in [-0.2, -0.15) is 0 Å². The summed E-state index contributed by atoms with van der Waals surface area (Å²) in [6.45, 7) is 2.35. The second kappa shape index (κ2) is 6.40. The molecule has 0 bridgehead atoms. The second-order valence-corrected chi connectivity index (χ2v) is 6.63. The van der Waals surface area contributed by atoms with Crippen LogP contribution in [0, 0.1) is 11.8 Å². The Bertz CT molecular complexity index is 904. The van der Waals surface area contributed by atoms with E-state index in [4.69, 9.17) is 0 Å². The smallest absolute Gasteiger partial charge is 0.246 e. The molecule has 2 aromatic rings. The van der Waals surface area contributed by atoms with Gasteiger partial charge in [0.25, 0.3) is 0 Å². The Morgan fingerprint density at radius 2 is 1.81 bits per heavy atom. The number of hydrogen-bond acceptors (Lipinski definition) is 4. The summed E-state index contributed by atoms with van der Waals surface area (Å²) >= 11 is 0. The lowest BCUT2D eigenvalue weighted by Gasteiger charge is -2.14. The van der Waals surface area contributed by atoms with E-state index in [0.717, 1.165) is 15.9 Å². The predicted octanol–water partition coefficient (Wildman–Crippen LogP) is 1.95. The zero-order valence-electron chi connectivity index (χ0n) is 14.5. The molecule has 1 saturated heterocycles. The molecular formula is C19H20N4O3. The molecule has 0 unspecified atom stereocenters. The Morgan fingerprint density at radius 3 is 2.46 bits per heavy atom. The van der Waals surface area contributed by atoms with E-state index in [0.29, 0.717) is 25.3 Å². The summed E-state index contributed by atoms with van der Waals surface area (Å²) in [5.74, 6) is -1.12. The summed E-state index contributed by atoms with van der Waals surface area (Å²) in [6, 6.07) is 7.62. The zero-order valence-corrected chi connectivity index (χ0v) is 14.5. The van der Waals surface area contributed by atoms with Crippen LogP contribution in [0.4, 0.5) is 5.95 Å². The SMILES string of the molecule is CCn1c(NC(=O)CN2C(=O)[C@H]3CC=CC[C@@H]3C2=O)nc2ccccc21. The highest BCUT2D eigenvalue weighted by molar-refractivity contribution is 6.08. The van der Waals surface area contributed by atoms with Crippen LogP contribution in [-0.4, -0.2) is 38.7 Å². The van der Waals surface area contributed by atoms with Crippen molar-refractivity contribution >= 4 is 34.7 Å². The van der Waals surface area contributed by atoms with Crippen LogP contribution >= 0.6 is 0 Å². The van der Waals surface area contributed by atoms with Gasteiger partial charge in [-0.15, -0.1) is 0 Å². The van der Waals surface area contributed by atoms with Gasteiger partial charge in [-0.1, -0.05) is 24.3 Å². The minimum Gasteiger partial charge on any atom is -0.310 e. The van der Waals surface area contributed by atoms with Crippen molar-refractivity contribution in [3.05, 3.63) is 36.4 Å². The van der Waals surface area contributed by atoms with Gasteiger partial charge in [-0.25, -0.2) is 4.98 Å². The molecule has 7 nitrogen and oxygen atoms in total. The number of carbonyl (C=O) groups is 3. The van der Waals surface area contributed by atoms with E-state index < -0.39 is 5.91 Å². The number of rotatable bonds is 4. The number of likely N-dealkylation sites (tertiary alicyclic amines) is 1. The van der Waals surface area contributed by atoms with Gasteiger partial charge in [0.1, 0.15) is 6.54 Å². The number of nitrogens with one attached hydrogen (secondary N) is 1. The van der Waals surface area contributed by atoms with Gasteiger partial charge in [0, 0.05) is 6.54 Å². The van der Waals surface area contributed by atoms with Gasteiger partial charge in [0.05, 0.1) is 22.9 Å². The number of aromatic nitrogens is 2. The van der Waals surface area contributed by atoms with E-state index in [2.05, 4.69) is 10.3 Å². The molecule has 1 aromatic carbocycles. The number of carbonyl (C=O) groups excluding carboxylic acids is 3. The van der Waals surface area contributed by atoms with E-state index in [9.17, 15) is 14.4 Å². The molecule has 1 fully saturated rings. The van der Waals surface area contributed by atoms with Gasteiger partial charge in [0.2, 0.25) is 23.7 Å². The third kappa shape index (κ3) is 2.60. The van der Waals surface area contributed by atoms with Crippen molar-refractivity contribution in [3.63, 3.8) is 0 Å². The summed E-state index contributed by atoms with van der Waals surface area (Å²) in [5, 5.41) is 2.75. The number of amides is 3. The van der Waals surface area contributed by atoms with Gasteiger partial charge in [0.15, 0.2) is 0 Å². The van der Waals surface area contributed by atoms with Crippen molar-refractivity contribution in [3.8, 4) is 0 Å². The molecule has 2 atom stereocenters. The van der Waals surface area contributed by atoms with E-state index in [-0.39, 0.29) is 30.2 Å². The topological polar surface area (TPSA) is 84.3 Å². The van der Waals surface area contributed by atoms with Crippen molar-refractivity contribution in [2.24, 2.45) is 11.8 Å². The Morgan fingerprint density at radius 1 is 1.15 bits per heavy atom. The first-order valence-corrected chi connectivity index (χ1v) is 8.85. The highest BCUT2D eigenvalue weighted by atomic mass is 16.2. The Kier molecular flexibility index (Phi) is 4.06. The average molecular weight is 352 g/mol. The van der Waals surface area contributed by atoms with Crippen LogP contribution in [0.5, 0.6) is 0 Å². The lowest BCUT2D eigenvalue weighted by atomic mass is 9.85. The Labute approximate surface area is 150 Å². The fraction of sp³-hybridized carbons (Fsp3) is 0.368. The first kappa shape index (κ1) is 16.5. The summed E-state index contributed by atoms with van der Waals surface area (Å²) in [5.41, 5.74) is 1.71. The number of benzene rings is 1. The number of imidazole rings is 1. The zero-order chi connectivity index (χ0) is 18.3. The van der Waals surface area contributed by atoms with Crippen molar-refractivity contribution < 1.29 is 14.4 Å². The fourth-order valence-corrected chi connectivity index (χ4v) is 3.82. The van der Waals surface area contributed by atoms with E-state index >= 15 is 0 Å². The summed E-state index contributed by atoms with van der Waals surface area (Å²) < 4.78 is 1.89. The minimum absolute atomic E-state index is 0.247. The maximum Gasteiger partial charge on any atom is 0.246 e. The molecule has 0 spiro atoms. The number of nitrogens with zero attached hydrogens (tertiary/aromatic N) is 3. The molecule has 0 radical (unpaired) electrons. The van der Waals surface area contributed by atoms with E-state index in [1.54, 1.807) is 0 Å². The normalized spacial score (nSPS) is 22.1. The van der Waals surface area contributed by atoms with E-state index in [1.165, 1.54) is 0 Å². The van der Waals surface area contributed by atoms with Crippen molar-refractivity contribution in [2.75, 3.05) is 11.9 Å². The standard InChI is InChI=1S/C19H20N4O3/c1-2-22-15-10-6-5-9-14(15)20-19(22)21-16(24)11-23-17(25)12-7-3-4-8-13(12)18(23)26/h3-6,9-10,12-13H,2,7-8,11H2,1H3,(H,20,21,24)/t12-,13-/m0/s1. The van der Waals surface area contributed by atoms with Crippen LogP contribution in [0.2, 0.25) is 0 Å². The van der Waals surface area contributed by atoms with Gasteiger partial charge < -0.3 is 4.57 Å². The summed E-state index contributed by atoms with van der Waals surface area (Å²) in [4.78, 5) is 43.0. The number of aryl methyl sites for hydroxylation is 1. The molecule has 1 aliphatic heterocycles. The molecule has 1 aromatic heterocycles. The van der Waals surface area contributed by atoms with Gasteiger partial charge in [-0.3, -0.25) is 24.6 Å². The molecule has 3 amide bonds. The maximum absolute atomic E-state index is 12.5. The lowest BCUT2D eigenvalue weighted by molar-refractivity contribution is -0.142. The third-order valence-electron chi connectivity index (χ3n) is 5.12. The summed E-state index contributed by atoms with van der Waals surface area (Å²) in [6.07, 6.45) is 5.00. The second-order valence-electron chi connectivity index (χ2n) is 6.63. The van der Waals surface area contributed by atoms with Gasteiger partial charge in [-0.05, 0) is 31.9 Å². The predicted molar refractivity (Wildman–Crippen MR) is 96.1 cm³/mol. The molecule has 2 heterocycles. The quantitative estimate of drug-likeness (QED) is 0.673. The van der Waals surface area contributed by atoms with Crippen LogP contribution in [0.25, 0.3) is 11.0 Å². The largest absolute Gasteiger partial charge is 0.310 e. The fourth-order valence-electron chi connectivity index (χ4n) is 3.82. The highest BCUT2D eigenvalue weighted by Gasteiger charge is 2.47. The number of fused-ring (bicyclic) bond motifs is 2. The molecule has 4 rings (SSSR count). The van der Waals surface area contributed by atoms with Gasteiger partial charge >= 0.3 is 0 Å². The molecule has 1 aliphatic carbocycles. The van der Waals surface area contributed by atoms with E-state index in [1.807, 2.05) is 47.9 Å². The Hall–Kier alpha value is -2.96. The van der Waals surface area contributed by atoms with Crippen molar-refractivity contribution in [2.45, 2.75) is 26.3 Å². The molecule has 134 valence electrons. The van der Waals surface area contributed by atoms with Crippen molar-refractivity contribution in [1.82, 2.24) is 14.5 Å². The highest BCUT2D eigenvalue weighted by Crippen LogP contribution is 2.34. The minimum atomic E-state index is -0.414. The molecule has 26 heavy (non-hydrogen) atoms. The molecule has 2 aliphatic rings. The number of para-hydroxylation sites is 2. The van der Waals surface area contributed by atoms with Crippen LogP contribution in [-0.2, 0) is 20.9 Å². The monoisotopic (exact) mass is 352 g/mol. The first-order chi connectivity index (χ1) is 12.6. The van der Waals surface area contributed by atoms with Crippen LogP contribution in [0.3, 0.4) is 0 Å². The number of allylic oxidation sites excluding steroid dienone is 2. The van der Waals surface area contributed by atoms with Crippen molar-refractivity contribution in [1.29, 1.82) is 0 Å². The number of hydrogen-bond donors (Lipinski definition) is 1. The number of anilines is 1. The third-order valence-corrected chi connectivity index (χ3v) is 5.12. The lowest BCUT2D eigenvalue weighted by Crippen LogP contribution is -2.38. The van der Waals surface area contributed by atoms with Crippen LogP contribution in [0.15, 0.2) is 36.4 Å². The van der Waals surface area contributed by atoms with Crippen LogP contribution < -0.4 is 5.32 Å². The van der Waals surface area contributed by atoms with Crippen LogP contribution in [0.1, 0.15) is 19.8 Å². The molecule has 0 saturated carbocycles. The number of imide groups is 1. The molecule has 7 heteroatoms. The first-order valence-electron chi connectivity index (χ1n) is 8.85. The Balaban J connectivity index is 1.51.